The number of amidine groups is 1. The van der Waals surface area contributed by atoms with E-state index in [1.807, 2.05) is 0 Å². The zero-order valence-corrected chi connectivity index (χ0v) is 19.1. The van der Waals surface area contributed by atoms with Gasteiger partial charge in [0, 0.05) is 0 Å². The predicted octanol–water partition coefficient (Wildman–Crippen LogP) is 4.65. The third kappa shape index (κ3) is 5.12. The Labute approximate surface area is 199 Å². The van der Waals surface area contributed by atoms with Crippen LogP contribution in [0.1, 0.15) is 16.9 Å². The highest BCUT2D eigenvalue weighted by molar-refractivity contribution is 8.18. The van der Waals surface area contributed by atoms with E-state index in [2.05, 4.69) is 10.2 Å². The number of benzene rings is 2. The molecule has 174 valence electrons. The molecule has 1 amide bonds. The molecule has 0 spiro atoms. The van der Waals surface area contributed by atoms with E-state index in [0.29, 0.717) is 27.0 Å². The molecule has 34 heavy (non-hydrogen) atoms. The zero-order valence-electron chi connectivity index (χ0n) is 18.3. The van der Waals surface area contributed by atoms with E-state index in [-0.39, 0.29) is 35.5 Å². The third-order valence-electron chi connectivity index (χ3n) is 4.80. The Bertz CT molecular complexity index is 1250. The Balaban J connectivity index is 1.66. The number of hydrogen-bond acceptors (Lipinski definition) is 8. The Morgan fingerprint density at radius 1 is 1.12 bits per heavy atom. The highest BCUT2D eigenvalue weighted by atomic mass is 32.2. The van der Waals surface area contributed by atoms with Crippen molar-refractivity contribution < 1.29 is 28.2 Å². The van der Waals surface area contributed by atoms with Gasteiger partial charge in [-0.3, -0.25) is 9.69 Å². The summed E-state index contributed by atoms with van der Waals surface area (Å²) >= 11 is 1.14. The normalized spacial score (nSPS) is 16.2. The fourth-order valence-electron chi connectivity index (χ4n) is 3.12. The van der Waals surface area contributed by atoms with E-state index in [1.54, 1.807) is 42.5 Å². The van der Waals surface area contributed by atoms with Gasteiger partial charge in [-0.05, 0) is 65.4 Å². The van der Waals surface area contributed by atoms with Gasteiger partial charge in [0.25, 0.3) is 5.91 Å². The molecule has 1 saturated heterocycles. The molecule has 0 atom stereocenters. The van der Waals surface area contributed by atoms with Crippen LogP contribution >= 0.6 is 11.8 Å². The molecule has 0 unspecified atom stereocenters. The first-order valence-electron chi connectivity index (χ1n) is 10.0. The average Bonchev–Trinajstić information content (AvgIpc) is 3.45. The van der Waals surface area contributed by atoms with Crippen LogP contribution in [0.3, 0.4) is 0 Å². The molecule has 1 aliphatic rings. The van der Waals surface area contributed by atoms with E-state index in [1.165, 1.54) is 43.7 Å². The second kappa shape index (κ2) is 10.3. The number of rotatable bonds is 7. The first kappa shape index (κ1) is 23.1. The van der Waals surface area contributed by atoms with Gasteiger partial charge in [-0.25, -0.2) is 4.39 Å². The summed E-state index contributed by atoms with van der Waals surface area (Å²) in [6.07, 6.45) is 4.65. The van der Waals surface area contributed by atoms with Gasteiger partial charge in [-0.2, -0.15) is 5.10 Å². The minimum absolute atomic E-state index is 0.130. The number of methoxy groups -OCH3 is 2. The van der Waals surface area contributed by atoms with E-state index >= 15 is 0 Å². The molecule has 1 fully saturated rings. The number of halogens is 1. The summed E-state index contributed by atoms with van der Waals surface area (Å²) in [6.45, 7) is 0.170. The largest absolute Gasteiger partial charge is 0.502 e. The topological polar surface area (TPSA) is 96.9 Å². The van der Waals surface area contributed by atoms with Crippen LogP contribution in [0.5, 0.6) is 17.2 Å². The lowest BCUT2D eigenvalue weighted by molar-refractivity contribution is -0.122. The summed E-state index contributed by atoms with van der Waals surface area (Å²) in [5.74, 6) is 0.247. The van der Waals surface area contributed by atoms with Gasteiger partial charge >= 0.3 is 0 Å². The smallest absolute Gasteiger partial charge is 0.267 e. The molecule has 0 saturated carbocycles. The van der Waals surface area contributed by atoms with Crippen molar-refractivity contribution in [2.24, 2.45) is 10.2 Å². The van der Waals surface area contributed by atoms with Crippen LogP contribution in [0.25, 0.3) is 6.08 Å². The molecule has 4 rings (SSSR count). The number of aromatic hydroxyl groups is 1. The Morgan fingerprint density at radius 3 is 2.44 bits per heavy atom. The van der Waals surface area contributed by atoms with Crippen molar-refractivity contribution >= 4 is 35.1 Å². The molecule has 2 heterocycles. The zero-order chi connectivity index (χ0) is 24.1. The van der Waals surface area contributed by atoms with E-state index in [4.69, 9.17) is 13.9 Å². The van der Waals surface area contributed by atoms with Crippen LogP contribution in [0.2, 0.25) is 0 Å². The van der Waals surface area contributed by atoms with Crippen LogP contribution in [0, 0.1) is 5.82 Å². The fraction of sp³-hybridized carbons (Fsp3) is 0.125. The van der Waals surface area contributed by atoms with Gasteiger partial charge < -0.3 is 19.0 Å². The van der Waals surface area contributed by atoms with Crippen molar-refractivity contribution in [3.05, 3.63) is 82.4 Å². The fourth-order valence-corrected chi connectivity index (χ4v) is 4.06. The Kier molecular flexibility index (Phi) is 6.98. The highest BCUT2D eigenvalue weighted by Gasteiger charge is 2.34. The maximum Gasteiger partial charge on any atom is 0.267 e. The summed E-state index contributed by atoms with van der Waals surface area (Å²) in [5.41, 5.74) is 1.26. The predicted molar refractivity (Wildman–Crippen MR) is 127 cm³/mol. The molecule has 10 heteroatoms. The van der Waals surface area contributed by atoms with E-state index < -0.39 is 0 Å². The molecule has 1 N–H and O–H groups in total. The van der Waals surface area contributed by atoms with Crippen LogP contribution in [-0.2, 0) is 11.3 Å². The van der Waals surface area contributed by atoms with Crippen molar-refractivity contribution in [2.75, 3.05) is 14.2 Å². The highest BCUT2D eigenvalue weighted by Crippen LogP contribution is 2.39. The monoisotopic (exact) mass is 481 g/mol. The quantitative estimate of drug-likeness (QED) is 0.300. The first-order valence-corrected chi connectivity index (χ1v) is 10.9. The number of phenolic OH excluding ortho intramolecular Hbond substituents is 1. The number of phenols is 1. The number of furan rings is 1. The number of ether oxygens (including phenoxy) is 2. The second-order valence-corrected chi connectivity index (χ2v) is 8.04. The molecule has 3 aromatic rings. The minimum atomic E-state index is -0.345. The number of nitrogens with zero attached hydrogens (tertiary/aromatic N) is 3. The Morgan fingerprint density at radius 2 is 1.82 bits per heavy atom. The van der Waals surface area contributed by atoms with Crippen LogP contribution < -0.4 is 9.47 Å². The number of amides is 1. The SMILES string of the molecule is COc1cc(/C=C2\S/C(=N\N=C\c3ccc(F)cc3)N(Cc3ccco3)C2=O)cc(OC)c1O. The summed E-state index contributed by atoms with van der Waals surface area (Å²) in [4.78, 5) is 15.0. The Hall–Kier alpha value is -4.05. The van der Waals surface area contributed by atoms with Gasteiger partial charge in [0.15, 0.2) is 16.7 Å². The van der Waals surface area contributed by atoms with Gasteiger partial charge in [-0.15, -0.1) is 5.10 Å². The summed E-state index contributed by atoms with van der Waals surface area (Å²) in [7, 11) is 2.85. The molecule has 2 aromatic carbocycles. The minimum Gasteiger partial charge on any atom is -0.502 e. The lowest BCUT2D eigenvalue weighted by atomic mass is 10.1. The van der Waals surface area contributed by atoms with Crippen molar-refractivity contribution in [3.63, 3.8) is 0 Å². The molecular formula is C24H20FN3O5S. The third-order valence-corrected chi connectivity index (χ3v) is 5.80. The molecule has 1 aliphatic heterocycles. The van der Waals surface area contributed by atoms with Crippen LogP contribution in [-0.4, -0.2) is 41.5 Å². The molecule has 0 bridgehead atoms. The van der Waals surface area contributed by atoms with E-state index in [9.17, 15) is 14.3 Å². The average molecular weight is 482 g/mol. The van der Waals surface area contributed by atoms with Gasteiger partial charge in [0.2, 0.25) is 5.75 Å². The van der Waals surface area contributed by atoms with Crippen molar-refractivity contribution in [1.29, 1.82) is 0 Å². The van der Waals surface area contributed by atoms with Gasteiger partial charge in [0.1, 0.15) is 11.6 Å². The van der Waals surface area contributed by atoms with E-state index in [0.717, 1.165) is 11.8 Å². The molecule has 1 aromatic heterocycles. The number of hydrogen-bond donors (Lipinski definition) is 1. The summed E-state index contributed by atoms with van der Waals surface area (Å²) in [5, 5.41) is 18.8. The number of carbonyl (C=O) groups excluding carboxylic acids is 1. The molecule has 8 nitrogen and oxygen atoms in total. The van der Waals surface area contributed by atoms with Crippen LogP contribution in [0.15, 0.2) is 74.3 Å². The molecular weight excluding hydrogens is 461 g/mol. The lowest BCUT2D eigenvalue weighted by Crippen LogP contribution is -2.28. The maximum absolute atomic E-state index is 13.2. The number of thioether (sulfide) groups is 1. The first-order chi connectivity index (χ1) is 16.5. The van der Waals surface area contributed by atoms with Crippen molar-refractivity contribution in [1.82, 2.24) is 4.90 Å². The van der Waals surface area contributed by atoms with Crippen LogP contribution in [0.4, 0.5) is 4.39 Å². The van der Waals surface area contributed by atoms with Gasteiger partial charge in [-0.1, -0.05) is 12.1 Å². The summed E-state index contributed by atoms with van der Waals surface area (Å²) in [6, 6.07) is 12.5. The summed E-state index contributed by atoms with van der Waals surface area (Å²) < 4.78 is 28.9. The second-order valence-electron chi connectivity index (χ2n) is 7.03. The maximum atomic E-state index is 13.2. The molecule has 0 aliphatic carbocycles. The van der Waals surface area contributed by atoms with Crippen molar-refractivity contribution in [3.8, 4) is 17.2 Å². The standard InChI is InChI=1S/C24H20FN3O5S/c1-31-19-10-16(11-20(32-2)22(19)29)12-21-23(30)28(14-18-4-3-9-33-18)24(34-21)27-26-13-15-5-7-17(25)8-6-15/h3-13,29H,14H2,1-2H3/b21-12-,26-13+,27-24-. The molecule has 0 radical (unpaired) electrons. The van der Waals surface area contributed by atoms with Gasteiger partial charge in [0.05, 0.1) is 38.1 Å². The van der Waals surface area contributed by atoms with Crippen molar-refractivity contribution in [2.45, 2.75) is 6.54 Å². The number of carbonyl (C=O) groups is 1. The lowest BCUT2D eigenvalue weighted by Gasteiger charge is -2.12.